The predicted octanol–water partition coefficient (Wildman–Crippen LogP) is -0.701. The van der Waals surface area contributed by atoms with Crippen molar-refractivity contribution < 1.29 is 4.74 Å². The predicted molar refractivity (Wildman–Crippen MR) is 67.4 cm³/mol. The van der Waals surface area contributed by atoms with Gasteiger partial charge in [-0.15, -0.1) is 0 Å². The van der Waals surface area contributed by atoms with Gasteiger partial charge in [-0.2, -0.15) is 20.1 Å². The monoisotopic (exact) mass is 262 g/mol. The van der Waals surface area contributed by atoms with Crippen LogP contribution in [0, 0.1) is 0 Å². The Bertz CT molecular complexity index is 536. The number of ether oxygens (including phenoxy) is 1. The van der Waals surface area contributed by atoms with E-state index >= 15 is 0 Å². The Morgan fingerprint density at radius 3 is 2.79 bits per heavy atom. The van der Waals surface area contributed by atoms with E-state index in [4.69, 9.17) is 10.5 Å². The van der Waals surface area contributed by atoms with E-state index in [-0.39, 0.29) is 5.95 Å². The van der Waals surface area contributed by atoms with Crippen LogP contribution in [-0.4, -0.2) is 56.0 Å². The van der Waals surface area contributed by atoms with Crippen LogP contribution in [0.15, 0.2) is 18.5 Å². The van der Waals surface area contributed by atoms with Crippen LogP contribution >= 0.6 is 0 Å². The molecular weight excluding hydrogens is 248 g/mol. The molecule has 1 fully saturated rings. The molecule has 0 spiro atoms. The maximum atomic E-state index is 5.68. The zero-order valence-electron chi connectivity index (χ0n) is 10.2. The lowest BCUT2D eigenvalue weighted by molar-refractivity contribution is 0.0492. The van der Waals surface area contributed by atoms with Gasteiger partial charge in [0.1, 0.15) is 0 Å². The normalized spacial score (nSPS) is 16.4. The van der Waals surface area contributed by atoms with Crippen LogP contribution in [0.5, 0.6) is 0 Å². The summed E-state index contributed by atoms with van der Waals surface area (Å²) < 4.78 is 6.80. The van der Waals surface area contributed by atoms with Gasteiger partial charge in [0.25, 0.3) is 5.95 Å². The van der Waals surface area contributed by atoms with Crippen LogP contribution in [0.1, 0.15) is 0 Å². The zero-order valence-corrected chi connectivity index (χ0v) is 10.2. The fourth-order valence-corrected chi connectivity index (χ4v) is 1.74. The maximum Gasteiger partial charge on any atom is 0.257 e. The molecule has 19 heavy (non-hydrogen) atoms. The van der Waals surface area contributed by atoms with Crippen LogP contribution in [0.2, 0.25) is 0 Å². The standard InChI is InChI=1S/C10H14N8O/c11-8-13-9(16-17-4-6-19-7-5-17)15-10(14-8)18-3-1-2-12-18/h1-3H,4-7H2,(H3,11,13,14,15,16). The average molecular weight is 262 g/mol. The third-order valence-electron chi connectivity index (χ3n) is 2.62. The van der Waals surface area contributed by atoms with E-state index in [9.17, 15) is 0 Å². The van der Waals surface area contributed by atoms with Gasteiger partial charge in [-0.3, -0.25) is 5.43 Å². The molecule has 0 aliphatic carbocycles. The number of hydrogen-bond donors (Lipinski definition) is 2. The van der Waals surface area contributed by atoms with Gasteiger partial charge in [0.05, 0.1) is 13.2 Å². The minimum absolute atomic E-state index is 0.149. The van der Waals surface area contributed by atoms with E-state index in [1.54, 1.807) is 18.5 Å². The second kappa shape index (κ2) is 5.16. The molecule has 9 heteroatoms. The Balaban J connectivity index is 1.81. The van der Waals surface area contributed by atoms with E-state index in [1.165, 1.54) is 4.68 Å². The Kier molecular flexibility index (Phi) is 3.21. The van der Waals surface area contributed by atoms with Crippen molar-refractivity contribution in [2.45, 2.75) is 0 Å². The number of nitrogens with two attached hydrogens (primary N) is 1. The molecule has 1 aliphatic heterocycles. The molecule has 2 aromatic heterocycles. The summed E-state index contributed by atoms with van der Waals surface area (Å²) in [5, 5.41) is 6.04. The molecule has 0 atom stereocenters. The lowest BCUT2D eigenvalue weighted by atomic mass is 10.5. The number of morpholine rings is 1. The summed E-state index contributed by atoms with van der Waals surface area (Å²) in [6.45, 7) is 2.89. The Morgan fingerprint density at radius 2 is 2.05 bits per heavy atom. The fourth-order valence-electron chi connectivity index (χ4n) is 1.74. The van der Waals surface area contributed by atoms with Gasteiger partial charge in [0, 0.05) is 25.5 Å². The molecular formula is C10H14N8O. The van der Waals surface area contributed by atoms with Crippen LogP contribution < -0.4 is 11.2 Å². The lowest BCUT2D eigenvalue weighted by Gasteiger charge is -2.26. The molecule has 3 rings (SSSR count). The lowest BCUT2D eigenvalue weighted by Crippen LogP contribution is -2.40. The second-order valence-corrected chi connectivity index (χ2v) is 3.98. The Labute approximate surface area is 109 Å². The quantitative estimate of drug-likeness (QED) is 0.747. The number of hydrazine groups is 1. The largest absolute Gasteiger partial charge is 0.379 e. The molecule has 1 aliphatic rings. The number of nitrogen functional groups attached to an aromatic ring is 1. The first-order valence-corrected chi connectivity index (χ1v) is 5.92. The van der Waals surface area contributed by atoms with Crippen molar-refractivity contribution in [2.24, 2.45) is 0 Å². The first-order chi connectivity index (χ1) is 9.31. The Hall–Kier alpha value is -2.26. The minimum atomic E-state index is 0.149. The summed E-state index contributed by atoms with van der Waals surface area (Å²) in [5.41, 5.74) is 8.78. The highest BCUT2D eigenvalue weighted by atomic mass is 16.5. The van der Waals surface area contributed by atoms with E-state index in [1.807, 2.05) is 5.01 Å². The van der Waals surface area contributed by atoms with E-state index in [0.717, 1.165) is 13.1 Å². The highest BCUT2D eigenvalue weighted by Crippen LogP contribution is 2.08. The Morgan fingerprint density at radius 1 is 1.21 bits per heavy atom. The van der Waals surface area contributed by atoms with Crippen molar-refractivity contribution in [1.82, 2.24) is 29.7 Å². The highest BCUT2D eigenvalue weighted by Gasteiger charge is 2.13. The fraction of sp³-hybridized carbons (Fsp3) is 0.400. The summed E-state index contributed by atoms with van der Waals surface area (Å²) in [4.78, 5) is 12.4. The number of nitrogens with one attached hydrogen (secondary N) is 1. The molecule has 0 aromatic carbocycles. The van der Waals surface area contributed by atoms with Gasteiger partial charge in [-0.1, -0.05) is 0 Å². The van der Waals surface area contributed by atoms with Crippen molar-refractivity contribution in [2.75, 3.05) is 37.5 Å². The van der Waals surface area contributed by atoms with E-state index in [0.29, 0.717) is 25.1 Å². The van der Waals surface area contributed by atoms with Gasteiger partial charge in [0.2, 0.25) is 11.9 Å². The second-order valence-electron chi connectivity index (χ2n) is 3.98. The van der Waals surface area contributed by atoms with E-state index in [2.05, 4.69) is 25.5 Å². The van der Waals surface area contributed by atoms with Gasteiger partial charge in [0.15, 0.2) is 0 Å². The third kappa shape index (κ3) is 2.77. The molecule has 1 saturated heterocycles. The number of nitrogens with zero attached hydrogens (tertiary/aromatic N) is 6. The molecule has 3 N–H and O–H groups in total. The summed E-state index contributed by atoms with van der Waals surface area (Å²) >= 11 is 0. The summed E-state index contributed by atoms with van der Waals surface area (Å²) in [5.74, 6) is 0.935. The average Bonchev–Trinajstić information content (AvgIpc) is 2.93. The van der Waals surface area contributed by atoms with Crippen molar-refractivity contribution in [3.63, 3.8) is 0 Å². The molecule has 0 unspecified atom stereocenters. The minimum Gasteiger partial charge on any atom is -0.379 e. The van der Waals surface area contributed by atoms with Crippen LogP contribution in [0.25, 0.3) is 5.95 Å². The number of anilines is 2. The SMILES string of the molecule is Nc1nc(NN2CCOCC2)nc(-n2cccn2)n1. The number of rotatable bonds is 3. The molecule has 0 bridgehead atoms. The summed E-state index contributed by atoms with van der Waals surface area (Å²) in [7, 11) is 0. The molecule has 0 amide bonds. The van der Waals surface area contributed by atoms with Crippen LogP contribution in [0.4, 0.5) is 11.9 Å². The highest BCUT2D eigenvalue weighted by molar-refractivity contribution is 5.34. The zero-order chi connectivity index (χ0) is 13.1. The smallest absolute Gasteiger partial charge is 0.257 e. The number of aromatic nitrogens is 5. The molecule has 0 saturated carbocycles. The van der Waals surface area contributed by atoms with Crippen molar-refractivity contribution in [3.8, 4) is 5.95 Å². The van der Waals surface area contributed by atoms with Gasteiger partial charge >= 0.3 is 0 Å². The molecule has 100 valence electrons. The maximum absolute atomic E-state index is 5.68. The first-order valence-electron chi connectivity index (χ1n) is 5.92. The van der Waals surface area contributed by atoms with Gasteiger partial charge in [-0.05, 0) is 6.07 Å². The van der Waals surface area contributed by atoms with Crippen LogP contribution in [0.3, 0.4) is 0 Å². The third-order valence-corrected chi connectivity index (χ3v) is 2.62. The topological polar surface area (TPSA) is 107 Å². The summed E-state index contributed by atoms with van der Waals surface area (Å²) in [6.07, 6.45) is 3.39. The van der Waals surface area contributed by atoms with Gasteiger partial charge in [-0.25, -0.2) is 9.69 Å². The van der Waals surface area contributed by atoms with Crippen molar-refractivity contribution in [3.05, 3.63) is 18.5 Å². The van der Waals surface area contributed by atoms with E-state index < -0.39 is 0 Å². The molecule has 3 heterocycles. The molecule has 9 nitrogen and oxygen atoms in total. The summed E-state index contributed by atoms with van der Waals surface area (Å²) in [6, 6.07) is 1.79. The molecule has 2 aromatic rings. The van der Waals surface area contributed by atoms with Gasteiger partial charge < -0.3 is 10.5 Å². The first kappa shape index (κ1) is 11.8. The van der Waals surface area contributed by atoms with Crippen LogP contribution in [-0.2, 0) is 4.74 Å². The molecule has 0 radical (unpaired) electrons. The number of hydrogen-bond acceptors (Lipinski definition) is 8. The van der Waals surface area contributed by atoms with Crippen molar-refractivity contribution in [1.29, 1.82) is 0 Å². The van der Waals surface area contributed by atoms with Crippen molar-refractivity contribution >= 4 is 11.9 Å².